The number of hydrogen-bond donors (Lipinski definition) is 2. The number of H-pyrrole nitrogens is 1. The SMILES string of the molecule is O=C(Oc1ccc(/C=N\Nc2nc3ccccc3[nH]2)cc1)c1ccc([N+](=O)[O-])cc1. The average Bonchev–Trinajstić information content (AvgIpc) is 3.18. The van der Waals surface area contributed by atoms with E-state index >= 15 is 0 Å². The number of non-ortho nitro benzene ring substituents is 1. The van der Waals surface area contributed by atoms with Crippen molar-refractivity contribution in [2.75, 3.05) is 5.43 Å². The van der Waals surface area contributed by atoms with Gasteiger partial charge in [0, 0.05) is 12.1 Å². The molecule has 0 aliphatic heterocycles. The summed E-state index contributed by atoms with van der Waals surface area (Å²) < 4.78 is 5.28. The number of carbonyl (C=O) groups excluding carboxylic acids is 1. The standard InChI is InChI=1S/C21H15N5O4/c27-20(15-7-9-16(10-8-15)26(28)29)30-17-11-5-14(6-12-17)13-22-25-21-23-18-3-1-2-4-19(18)24-21/h1-13H,(H2,23,24,25)/b22-13-. The summed E-state index contributed by atoms with van der Waals surface area (Å²) in [6, 6.07) is 19.6. The maximum Gasteiger partial charge on any atom is 0.343 e. The van der Waals surface area contributed by atoms with Gasteiger partial charge in [0.15, 0.2) is 0 Å². The molecule has 3 aromatic carbocycles. The minimum atomic E-state index is -0.599. The summed E-state index contributed by atoms with van der Waals surface area (Å²) in [4.78, 5) is 29.8. The number of nitrogens with one attached hydrogen (secondary N) is 2. The largest absolute Gasteiger partial charge is 0.423 e. The van der Waals surface area contributed by atoms with Crippen molar-refractivity contribution < 1.29 is 14.5 Å². The van der Waals surface area contributed by atoms with Gasteiger partial charge in [0.2, 0.25) is 5.95 Å². The summed E-state index contributed by atoms with van der Waals surface area (Å²) in [6.07, 6.45) is 1.61. The molecule has 9 heteroatoms. The number of nitrogens with zero attached hydrogens (tertiary/aromatic N) is 3. The highest BCUT2D eigenvalue weighted by atomic mass is 16.6. The van der Waals surface area contributed by atoms with E-state index in [-0.39, 0.29) is 11.3 Å². The third-order valence-corrected chi connectivity index (χ3v) is 4.18. The fraction of sp³-hybridized carbons (Fsp3) is 0. The van der Waals surface area contributed by atoms with Crippen molar-refractivity contribution in [3.05, 3.63) is 94.0 Å². The molecule has 0 radical (unpaired) electrons. The van der Waals surface area contributed by atoms with Crippen LogP contribution in [-0.4, -0.2) is 27.1 Å². The number of hydrogen-bond acceptors (Lipinski definition) is 7. The molecule has 0 atom stereocenters. The maximum atomic E-state index is 12.1. The van der Waals surface area contributed by atoms with Crippen LogP contribution in [0.2, 0.25) is 0 Å². The Kier molecular flexibility index (Phi) is 5.16. The van der Waals surface area contributed by atoms with Gasteiger partial charge in [-0.3, -0.25) is 10.1 Å². The number of para-hydroxylation sites is 2. The second-order valence-corrected chi connectivity index (χ2v) is 6.24. The summed E-state index contributed by atoms with van der Waals surface area (Å²) in [6.45, 7) is 0. The van der Waals surface area contributed by atoms with Crippen LogP contribution in [0.15, 0.2) is 77.9 Å². The number of benzene rings is 3. The first-order valence-electron chi connectivity index (χ1n) is 8.89. The van der Waals surface area contributed by atoms with Crippen molar-refractivity contribution in [2.24, 2.45) is 5.10 Å². The van der Waals surface area contributed by atoms with Crippen molar-refractivity contribution in [1.82, 2.24) is 9.97 Å². The monoisotopic (exact) mass is 401 g/mol. The van der Waals surface area contributed by atoms with Crippen LogP contribution in [0.5, 0.6) is 5.75 Å². The molecular formula is C21H15N5O4. The highest BCUT2D eigenvalue weighted by molar-refractivity contribution is 5.91. The first-order valence-corrected chi connectivity index (χ1v) is 8.89. The van der Waals surface area contributed by atoms with Crippen LogP contribution in [0.1, 0.15) is 15.9 Å². The molecule has 0 saturated heterocycles. The van der Waals surface area contributed by atoms with Crippen molar-refractivity contribution >= 4 is 34.9 Å². The smallest absolute Gasteiger partial charge is 0.343 e. The zero-order chi connectivity index (χ0) is 20.9. The Morgan fingerprint density at radius 1 is 1.07 bits per heavy atom. The van der Waals surface area contributed by atoms with Crippen LogP contribution < -0.4 is 10.2 Å². The van der Waals surface area contributed by atoms with Gasteiger partial charge >= 0.3 is 5.97 Å². The predicted octanol–water partition coefficient (Wildman–Crippen LogP) is 4.14. The van der Waals surface area contributed by atoms with Crippen molar-refractivity contribution in [2.45, 2.75) is 0 Å². The number of hydrazone groups is 1. The van der Waals surface area contributed by atoms with Gasteiger partial charge in [-0.05, 0) is 54.1 Å². The predicted molar refractivity (Wildman–Crippen MR) is 112 cm³/mol. The minimum Gasteiger partial charge on any atom is -0.423 e. The van der Waals surface area contributed by atoms with Crippen LogP contribution in [0, 0.1) is 10.1 Å². The Morgan fingerprint density at radius 2 is 1.80 bits per heavy atom. The molecule has 0 saturated carbocycles. The Bertz CT molecular complexity index is 1200. The molecular weight excluding hydrogens is 386 g/mol. The molecule has 9 nitrogen and oxygen atoms in total. The Hall–Kier alpha value is -4.53. The van der Waals surface area contributed by atoms with Crippen LogP contribution in [0.25, 0.3) is 11.0 Å². The molecule has 4 rings (SSSR count). The maximum absolute atomic E-state index is 12.1. The molecule has 0 spiro atoms. The van der Waals surface area contributed by atoms with Crippen molar-refractivity contribution in [3.8, 4) is 5.75 Å². The fourth-order valence-corrected chi connectivity index (χ4v) is 2.68. The van der Waals surface area contributed by atoms with Crippen LogP contribution in [0.4, 0.5) is 11.6 Å². The van der Waals surface area contributed by atoms with Gasteiger partial charge < -0.3 is 9.72 Å². The number of carbonyl (C=O) groups is 1. The molecule has 0 unspecified atom stereocenters. The molecule has 1 heterocycles. The van der Waals surface area contributed by atoms with E-state index in [1.807, 2.05) is 24.3 Å². The number of esters is 1. The number of anilines is 1. The number of fused-ring (bicyclic) bond motifs is 1. The molecule has 30 heavy (non-hydrogen) atoms. The molecule has 0 amide bonds. The number of aromatic nitrogens is 2. The highest BCUT2D eigenvalue weighted by Crippen LogP contribution is 2.17. The van der Waals surface area contributed by atoms with Gasteiger partial charge in [-0.2, -0.15) is 5.10 Å². The van der Waals surface area contributed by atoms with E-state index in [0.717, 1.165) is 16.6 Å². The van der Waals surface area contributed by atoms with Crippen molar-refractivity contribution in [1.29, 1.82) is 0 Å². The van der Waals surface area contributed by atoms with Gasteiger partial charge in [0.25, 0.3) is 5.69 Å². The van der Waals surface area contributed by atoms with Crippen LogP contribution in [-0.2, 0) is 0 Å². The van der Waals surface area contributed by atoms with Crippen LogP contribution in [0.3, 0.4) is 0 Å². The first kappa shape index (κ1) is 18.8. The molecule has 4 aromatic rings. The molecule has 0 aliphatic rings. The van der Waals surface area contributed by atoms with Crippen molar-refractivity contribution in [3.63, 3.8) is 0 Å². The van der Waals surface area contributed by atoms with Gasteiger partial charge in [-0.25, -0.2) is 15.2 Å². The normalized spacial score (nSPS) is 10.9. The fourth-order valence-electron chi connectivity index (χ4n) is 2.68. The molecule has 1 aromatic heterocycles. The van der Waals surface area contributed by atoms with E-state index in [1.165, 1.54) is 24.3 Å². The van der Waals surface area contributed by atoms with Gasteiger partial charge in [0.1, 0.15) is 5.75 Å². The molecule has 0 fully saturated rings. The van der Waals surface area contributed by atoms with Crippen LogP contribution >= 0.6 is 0 Å². The van der Waals surface area contributed by atoms with E-state index in [4.69, 9.17) is 4.74 Å². The number of imidazole rings is 1. The number of nitro groups is 1. The summed E-state index contributed by atoms with van der Waals surface area (Å²) in [7, 11) is 0. The first-order chi connectivity index (χ1) is 14.6. The lowest BCUT2D eigenvalue weighted by Gasteiger charge is -2.04. The number of ether oxygens (including phenoxy) is 1. The minimum absolute atomic E-state index is 0.0913. The number of aromatic amines is 1. The van der Waals surface area contributed by atoms with E-state index in [9.17, 15) is 14.9 Å². The van der Waals surface area contributed by atoms with Gasteiger partial charge in [-0.15, -0.1) is 0 Å². The molecule has 0 bridgehead atoms. The van der Waals surface area contributed by atoms with E-state index in [0.29, 0.717) is 11.7 Å². The second-order valence-electron chi connectivity index (χ2n) is 6.24. The third kappa shape index (κ3) is 4.30. The summed E-state index contributed by atoms with van der Waals surface area (Å²) in [5, 5.41) is 14.8. The number of rotatable bonds is 6. The van der Waals surface area contributed by atoms with Gasteiger partial charge in [0.05, 0.1) is 27.7 Å². The zero-order valence-electron chi connectivity index (χ0n) is 15.5. The number of nitro benzene ring substituents is 1. The van der Waals surface area contributed by atoms with E-state index < -0.39 is 10.9 Å². The van der Waals surface area contributed by atoms with Gasteiger partial charge in [-0.1, -0.05) is 12.1 Å². The lowest BCUT2D eigenvalue weighted by atomic mass is 10.2. The lowest BCUT2D eigenvalue weighted by molar-refractivity contribution is -0.384. The highest BCUT2D eigenvalue weighted by Gasteiger charge is 2.11. The Morgan fingerprint density at radius 3 is 2.50 bits per heavy atom. The summed E-state index contributed by atoms with van der Waals surface area (Å²) in [5.41, 5.74) is 5.50. The topological polar surface area (TPSA) is 123 Å². The Labute approximate surface area is 170 Å². The quantitative estimate of drug-likeness (QED) is 0.165. The molecule has 148 valence electrons. The Balaban J connectivity index is 1.35. The lowest BCUT2D eigenvalue weighted by Crippen LogP contribution is -2.08. The molecule has 0 aliphatic carbocycles. The average molecular weight is 401 g/mol. The second kappa shape index (κ2) is 8.23. The zero-order valence-corrected chi connectivity index (χ0v) is 15.5. The molecule has 2 N–H and O–H groups in total. The summed E-state index contributed by atoms with van der Waals surface area (Å²) in [5.74, 6) is 0.278. The van der Waals surface area contributed by atoms with E-state index in [2.05, 4.69) is 20.5 Å². The third-order valence-electron chi connectivity index (χ3n) is 4.18. The van der Waals surface area contributed by atoms with E-state index in [1.54, 1.807) is 30.5 Å². The summed E-state index contributed by atoms with van der Waals surface area (Å²) >= 11 is 0.